The van der Waals surface area contributed by atoms with Gasteiger partial charge < -0.3 is 20.3 Å². The SMILES string of the molecule is CN[C@H]1CC[C@H](NCc2cc(-c3ccc(N(C)C(C)=O)cc3)ccc2OC(=O)c2sc3c(c2Cl)=CCCC=3)CC1. The van der Waals surface area contributed by atoms with Crippen molar-refractivity contribution < 1.29 is 14.3 Å². The Morgan fingerprint density at radius 2 is 1.68 bits per heavy atom. The molecule has 2 aliphatic rings. The molecule has 5 rings (SSSR count). The molecule has 2 aliphatic carbocycles. The highest BCUT2D eigenvalue weighted by Gasteiger charge is 2.22. The van der Waals surface area contributed by atoms with E-state index in [2.05, 4.69) is 28.9 Å². The van der Waals surface area contributed by atoms with Gasteiger partial charge in [-0.3, -0.25) is 4.79 Å². The Morgan fingerprint density at radius 1 is 1.00 bits per heavy atom. The van der Waals surface area contributed by atoms with Gasteiger partial charge in [-0.15, -0.1) is 11.3 Å². The fraction of sp³-hybridized carbons (Fsp3) is 0.375. The molecule has 2 N–H and O–H groups in total. The van der Waals surface area contributed by atoms with Gasteiger partial charge in [-0.2, -0.15) is 0 Å². The number of nitrogens with zero attached hydrogens (tertiary/aromatic N) is 1. The van der Waals surface area contributed by atoms with Crippen molar-refractivity contribution in [2.24, 2.45) is 0 Å². The van der Waals surface area contributed by atoms with Crippen LogP contribution in [0.15, 0.2) is 42.5 Å². The summed E-state index contributed by atoms with van der Waals surface area (Å²) in [6.07, 6.45) is 10.6. The fourth-order valence-corrected chi connectivity index (χ4v) is 6.87. The Morgan fingerprint density at radius 3 is 2.35 bits per heavy atom. The molecule has 2 aromatic carbocycles. The lowest BCUT2D eigenvalue weighted by Gasteiger charge is -2.29. The van der Waals surface area contributed by atoms with Crippen molar-refractivity contribution in [1.82, 2.24) is 10.6 Å². The quantitative estimate of drug-likeness (QED) is 0.283. The van der Waals surface area contributed by atoms with E-state index in [0.29, 0.717) is 34.3 Å². The number of rotatable bonds is 8. The van der Waals surface area contributed by atoms with E-state index >= 15 is 0 Å². The van der Waals surface area contributed by atoms with Gasteiger partial charge in [0.25, 0.3) is 0 Å². The molecule has 0 atom stereocenters. The number of amides is 1. The second-order valence-electron chi connectivity index (χ2n) is 10.6. The van der Waals surface area contributed by atoms with Gasteiger partial charge in [0, 0.05) is 53.6 Å². The van der Waals surface area contributed by atoms with Crippen molar-refractivity contribution in [3.63, 3.8) is 0 Å². The number of fused-ring (bicyclic) bond motifs is 1. The van der Waals surface area contributed by atoms with E-state index in [1.54, 1.807) is 18.9 Å². The average molecular weight is 578 g/mol. The maximum atomic E-state index is 13.3. The van der Waals surface area contributed by atoms with Crippen LogP contribution in [0.5, 0.6) is 5.75 Å². The highest BCUT2D eigenvalue weighted by Crippen LogP contribution is 2.30. The molecule has 6 nitrogen and oxygen atoms in total. The Balaban J connectivity index is 1.40. The first-order chi connectivity index (χ1) is 19.3. The normalized spacial score (nSPS) is 18.3. The van der Waals surface area contributed by atoms with Crippen LogP contribution in [0.2, 0.25) is 5.02 Å². The summed E-state index contributed by atoms with van der Waals surface area (Å²) in [4.78, 5) is 27.1. The molecule has 1 heterocycles. The standard InChI is InChI=1S/C32H36ClN3O3S/c1-20(37)36(3)26-15-8-21(9-16-26)22-10-17-28(23(18-22)19-35-25-13-11-24(34-2)12-14-25)39-32(38)31-30(33)27-6-4-5-7-29(27)40-31/h6-10,15-18,24-25,34-35H,4-5,11-14,19H2,1-3H3/t24-,25-. The van der Waals surface area contributed by atoms with Gasteiger partial charge in [0.1, 0.15) is 10.6 Å². The highest BCUT2D eigenvalue weighted by atomic mass is 35.5. The number of carbonyl (C=O) groups is 2. The summed E-state index contributed by atoms with van der Waals surface area (Å²) < 4.78 is 7.04. The molecular weight excluding hydrogens is 542 g/mol. The van der Waals surface area contributed by atoms with Gasteiger partial charge in [-0.25, -0.2) is 4.79 Å². The topological polar surface area (TPSA) is 70.7 Å². The van der Waals surface area contributed by atoms with Crippen molar-refractivity contribution in [2.45, 2.75) is 64.1 Å². The van der Waals surface area contributed by atoms with Gasteiger partial charge in [0.2, 0.25) is 5.91 Å². The summed E-state index contributed by atoms with van der Waals surface area (Å²) in [5.74, 6) is 0.0957. The number of thiophene rings is 1. The van der Waals surface area contributed by atoms with Crippen molar-refractivity contribution in [3.8, 4) is 16.9 Å². The zero-order chi connectivity index (χ0) is 28.2. The van der Waals surface area contributed by atoms with E-state index in [1.807, 2.05) is 43.4 Å². The number of hydrogen-bond donors (Lipinski definition) is 2. The molecule has 0 unspecified atom stereocenters. The fourth-order valence-electron chi connectivity index (χ4n) is 5.40. The molecule has 3 aromatic rings. The third-order valence-electron chi connectivity index (χ3n) is 7.98. The predicted molar refractivity (Wildman–Crippen MR) is 165 cm³/mol. The van der Waals surface area contributed by atoms with Crippen LogP contribution in [0.3, 0.4) is 0 Å². The van der Waals surface area contributed by atoms with Gasteiger partial charge in [-0.05, 0) is 81.0 Å². The van der Waals surface area contributed by atoms with E-state index in [-0.39, 0.29) is 5.91 Å². The lowest BCUT2D eigenvalue weighted by Crippen LogP contribution is -2.38. The summed E-state index contributed by atoms with van der Waals surface area (Å²) in [7, 11) is 3.79. The van der Waals surface area contributed by atoms with Crippen LogP contribution in [0.4, 0.5) is 5.69 Å². The first-order valence-corrected chi connectivity index (χ1v) is 15.1. The lowest BCUT2D eigenvalue weighted by molar-refractivity contribution is -0.116. The number of nitrogens with one attached hydrogen (secondary N) is 2. The molecule has 40 heavy (non-hydrogen) atoms. The van der Waals surface area contributed by atoms with Crippen LogP contribution in [0.25, 0.3) is 23.3 Å². The Bertz CT molecular complexity index is 1510. The molecule has 0 bridgehead atoms. The number of halogens is 1. The zero-order valence-corrected chi connectivity index (χ0v) is 24.8. The number of carbonyl (C=O) groups excluding carboxylic acids is 2. The molecule has 1 amide bonds. The molecule has 210 valence electrons. The summed E-state index contributed by atoms with van der Waals surface area (Å²) in [5, 5.41) is 8.52. The number of esters is 1. The molecule has 0 aliphatic heterocycles. The molecule has 1 fully saturated rings. The molecular formula is C32H36ClN3O3S. The Hall–Kier alpha value is -2.97. The van der Waals surface area contributed by atoms with Crippen molar-refractivity contribution in [3.05, 3.63) is 67.7 Å². The van der Waals surface area contributed by atoms with Crippen molar-refractivity contribution in [1.29, 1.82) is 0 Å². The molecule has 0 radical (unpaired) electrons. The summed E-state index contributed by atoms with van der Waals surface area (Å²) >= 11 is 8.00. The second-order valence-corrected chi connectivity index (χ2v) is 12.0. The van der Waals surface area contributed by atoms with Crippen LogP contribution in [0, 0.1) is 0 Å². The maximum Gasteiger partial charge on any atom is 0.355 e. The molecule has 8 heteroatoms. The first kappa shape index (κ1) is 28.6. The summed E-state index contributed by atoms with van der Waals surface area (Å²) in [5.41, 5.74) is 3.80. The van der Waals surface area contributed by atoms with E-state index < -0.39 is 5.97 Å². The summed E-state index contributed by atoms with van der Waals surface area (Å²) in [6, 6.07) is 14.8. The zero-order valence-electron chi connectivity index (χ0n) is 23.3. The van der Waals surface area contributed by atoms with Gasteiger partial charge in [0.05, 0.1) is 5.02 Å². The summed E-state index contributed by atoms with van der Waals surface area (Å²) in [6.45, 7) is 2.14. The molecule has 1 aromatic heterocycles. The molecule has 0 saturated heterocycles. The largest absolute Gasteiger partial charge is 0.422 e. The van der Waals surface area contributed by atoms with Crippen molar-refractivity contribution in [2.75, 3.05) is 19.0 Å². The minimum atomic E-state index is -0.425. The Labute approximate surface area is 244 Å². The minimum absolute atomic E-state index is 0.0153. The number of hydrogen-bond acceptors (Lipinski definition) is 6. The van der Waals surface area contributed by atoms with Crippen LogP contribution >= 0.6 is 22.9 Å². The van der Waals surface area contributed by atoms with Crippen LogP contribution in [-0.4, -0.2) is 38.1 Å². The van der Waals surface area contributed by atoms with Gasteiger partial charge in [0.15, 0.2) is 0 Å². The third-order valence-corrected chi connectivity index (χ3v) is 9.67. The predicted octanol–water partition coefficient (Wildman–Crippen LogP) is 5.25. The first-order valence-electron chi connectivity index (χ1n) is 13.9. The maximum absolute atomic E-state index is 13.3. The third kappa shape index (κ3) is 6.33. The molecule has 1 saturated carbocycles. The van der Waals surface area contributed by atoms with E-state index in [4.69, 9.17) is 16.3 Å². The van der Waals surface area contributed by atoms with Gasteiger partial charge >= 0.3 is 5.97 Å². The van der Waals surface area contributed by atoms with E-state index in [1.165, 1.54) is 11.3 Å². The lowest BCUT2D eigenvalue weighted by atomic mass is 9.91. The van der Waals surface area contributed by atoms with Crippen molar-refractivity contribution >= 4 is 52.7 Å². The number of benzene rings is 2. The van der Waals surface area contributed by atoms with E-state index in [0.717, 1.165) is 70.7 Å². The number of ether oxygens (including phenoxy) is 1. The number of anilines is 1. The monoisotopic (exact) mass is 577 g/mol. The van der Waals surface area contributed by atoms with E-state index in [9.17, 15) is 9.59 Å². The Kier molecular flexibility index (Phi) is 9.06. The minimum Gasteiger partial charge on any atom is -0.422 e. The van der Waals surface area contributed by atoms with Gasteiger partial charge in [-0.1, -0.05) is 42.0 Å². The van der Waals surface area contributed by atoms with Crippen LogP contribution in [-0.2, 0) is 11.3 Å². The highest BCUT2D eigenvalue weighted by molar-refractivity contribution is 7.12. The average Bonchev–Trinajstić information content (AvgIpc) is 3.33. The van der Waals surface area contributed by atoms with Crippen LogP contribution in [0.1, 0.15) is 60.7 Å². The van der Waals surface area contributed by atoms with Crippen LogP contribution < -0.4 is 30.0 Å². The molecule has 0 spiro atoms. The smallest absolute Gasteiger partial charge is 0.355 e. The second kappa shape index (κ2) is 12.7.